The molecule has 0 saturated carbocycles. The van der Waals surface area contributed by atoms with Crippen LogP contribution in [-0.4, -0.2) is 10.9 Å². The van der Waals surface area contributed by atoms with Crippen molar-refractivity contribution in [3.63, 3.8) is 0 Å². The third kappa shape index (κ3) is 3.71. The van der Waals surface area contributed by atoms with E-state index in [0.717, 1.165) is 0 Å². The molecule has 0 aromatic heterocycles. The number of allylic oxidation sites excluding steroid dienone is 1. The van der Waals surface area contributed by atoms with E-state index in [1.165, 1.54) is 12.1 Å². The largest absolute Gasteiger partial charge is 0.457 e. The fraction of sp³-hybridized carbons (Fsp3) is 0.250. The molecule has 0 aliphatic heterocycles. The van der Waals surface area contributed by atoms with Crippen LogP contribution in [0, 0.1) is 10.1 Å². The Labute approximate surface area is 98.9 Å². The highest BCUT2D eigenvalue weighted by Crippen LogP contribution is 2.12. The summed E-state index contributed by atoms with van der Waals surface area (Å²) in [6.07, 6.45) is 1.66. The predicted octanol–water partition coefficient (Wildman–Crippen LogP) is 2.60. The molecule has 90 valence electrons. The van der Waals surface area contributed by atoms with Crippen LogP contribution in [0.25, 0.3) is 0 Å². The van der Waals surface area contributed by atoms with Crippen LogP contribution in [0.3, 0.4) is 0 Å². The van der Waals surface area contributed by atoms with E-state index in [0.29, 0.717) is 11.1 Å². The van der Waals surface area contributed by atoms with Gasteiger partial charge in [-0.05, 0) is 31.5 Å². The minimum absolute atomic E-state index is 0.0183. The molecule has 1 aromatic carbocycles. The number of nitro groups is 1. The normalized spacial score (nSPS) is 11.1. The molecule has 0 N–H and O–H groups in total. The first-order valence-corrected chi connectivity index (χ1v) is 5.08. The van der Waals surface area contributed by atoms with E-state index < -0.39 is 4.92 Å². The maximum atomic E-state index is 11.3. The zero-order valence-corrected chi connectivity index (χ0v) is 9.67. The second-order valence-corrected chi connectivity index (χ2v) is 3.47. The second-order valence-electron chi connectivity index (χ2n) is 3.47. The Bertz CT molecular complexity index is 448. The molecule has 0 unspecified atom stereocenters. The number of benzene rings is 1. The van der Waals surface area contributed by atoms with Gasteiger partial charge in [0.15, 0.2) is 0 Å². The van der Waals surface area contributed by atoms with Crippen molar-refractivity contribution in [3.8, 4) is 0 Å². The molecular weight excluding hydrogens is 222 g/mol. The zero-order valence-electron chi connectivity index (χ0n) is 9.67. The van der Waals surface area contributed by atoms with Crippen molar-refractivity contribution >= 4 is 11.7 Å². The van der Waals surface area contributed by atoms with Crippen LogP contribution in [0.1, 0.15) is 19.4 Å². The van der Waals surface area contributed by atoms with Crippen molar-refractivity contribution in [1.29, 1.82) is 0 Å². The number of hydrogen-bond acceptors (Lipinski definition) is 4. The van der Waals surface area contributed by atoms with Crippen molar-refractivity contribution in [2.24, 2.45) is 0 Å². The van der Waals surface area contributed by atoms with Crippen molar-refractivity contribution in [1.82, 2.24) is 0 Å². The van der Waals surface area contributed by atoms with E-state index in [2.05, 4.69) is 0 Å². The summed E-state index contributed by atoms with van der Waals surface area (Å²) in [4.78, 5) is 21.3. The van der Waals surface area contributed by atoms with Gasteiger partial charge in [0.05, 0.1) is 4.92 Å². The van der Waals surface area contributed by atoms with E-state index in [-0.39, 0.29) is 18.3 Å². The Hall–Kier alpha value is -2.17. The van der Waals surface area contributed by atoms with Gasteiger partial charge in [0, 0.05) is 17.7 Å². The van der Waals surface area contributed by atoms with E-state index in [9.17, 15) is 14.9 Å². The lowest BCUT2D eigenvalue weighted by Crippen LogP contribution is -2.05. The Morgan fingerprint density at radius 2 is 2.00 bits per heavy atom. The van der Waals surface area contributed by atoms with Crippen molar-refractivity contribution in [2.45, 2.75) is 20.5 Å². The third-order valence-electron chi connectivity index (χ3n) is 2.27. The van der Waals surface area contributed by atoms with Gasteiger partial charge < -0.3 is 4.74 Å². The van der Waals surface area contributed by atoms with Crippen LogP contribution in [0.5, 0.6) is 0 Å². The third-order valence-corrected chi connectivity index (χ3v) is 2.27. The molecule has 0 bridgehead atoms. The van der Waals surface area contributed by atoms with Crippen molar-refractivity contribution in [2.75, 3.05) is 0 Å². The molecule has 17 heavy (non-hydrogen) atoms. The molecule has 0 spiro atoms. The van der Waals surface area contributed by atoms with E-state index in [1.54, 1.807) is 32.1 Å². The summed E-state index contributed by atoms with van der Waals surface area (Å²) in [6.45, 7) is 3.53. The van der Waals surface area contributed by atoms with Gasteiger partial charge in [-0.15, -0.1) is 0 Å². The van der Waals surface area contributed by atoms with Crippen LogP contribution in [0.2, 0.25) is 0 Å². The minimum Gasteiger partial charge on any atom is -0.457 e. The fourth-order valence-electron chi connectivity index (χ4n) is 1.09. The molecule has 0 atom stereocenters. The topological polar surface area (TPSA) is 69.4 Å². The van der Waals surface area contributed by atoms with Gasteiger partial charge in [0.25, 0.3) is 5.69 Å². The number of esters is 1. The highest BCUT2D eigenvalue weighted by Gasteiger charge is 2.07. The summed E-state index contributed by atoms with van der Waals surface area (Å²) in [5, 5.41) is 10.4. The highest BCUT2D eigenvalue weighted by atomic mass is 16.6. The van der Waals surface area contributed by atoms with E-state index >= 15 is 0 Å². The Morgan fingerprint density at radius 3 is 2.47 bits per heavy atom. The Morgan fingerprint density at radius 1 is 1.41 bits per heavy atom. The van der Waals surface area contributed by atoms with Crippen molar-refractivity contribution in [3.05, 3.63) is 51.6 Å². The van der Waals surface area contributed by atoms with Gasteiger partial charge in [-0.1, -0.05) is 6.08 Å². The molecule has 5 heteroatoms. The Balaban J connectivity index is 2.59. The summed E-state index contributed by atoms with van der Waals surface area (Å²) in [6, 6.07) is 5.89. The van der Waals surface area contributed by atoms with Gasteiger partial charge in [-0.2, -0.15) is 0 Å². The van der Waals surface area contributed by atoms with E-state index in [4.69, 9.17) is 4.74 Å². The smallest absolute Gasteiger partial charge is 0.333 e. The molecular formula is C12H13NO4. The number of nitrogens with zero attached hydrogens (tertiary/aromatic N) is 1. The quantitative estimate of drug-likeness (QED) is 0.348. The lowest BCUT2D eigenvalue weighted by molar-refractivity contribution is -0.384. The number of carbonyl (C=O) groups is 1. The summed E-state index contributed by atoms with van der Waals surface area (Å²) in [5.74, 6) is -0.383. The van der Waals surface area contributed by atoms with Crippen LogP contribution in [-0.2, 0) is 16.1 Å². The second kappa shape index (κ2) is 5.79. The molecule has 5 nitrogen and oxygen atoms in total. The number of nitro benzene ring substituents is 1. The summed E-state index contributed by atoms with van der Waals surface area (Å²) >= 11 is 0. The monoisotopic (exact) mass is 235 g/mol. The predicted molar refractivity (Wildman–Crippen MR) is 62.3 cm³/mol. The molecule has 0 heterocycles. The van der Waals surface area contributed by atoms with Gasteiger partial charge in [0.2, 0.25) is 0 Å². The maximum Gasteiger partial charge on any atom is 0.333 e. The number of carbonyl (C=O) groups excluding carboxylic acids is 1. The minimum atomic E-state index is -0.472. The maximum absolute atomic E-state index is 11.3. The molecule has 1 aromatic rings. The van der Waals surface area contributed by atoms with Crippen LogP contribution in [0.4, 0.5) is 5.69 Å². The van der Waals surface area contributed by atoms with Gasteiger partial charge in [0.1, 0.15) is 6.61 Å². The Kier molecular flexibility index (Phi) is 4.39. The first kappa shape index (κ1) is 12.9. The number of ether oxygens (including phenoxy) is 1. The lowest BCUT2D eigenvalue weighted by Gasteiger charge is -2.04. The SMILES string of the molecule is C/C=C(/C)C(=O)OCc1ccc([N+](=O)[O-])cc1. The zero-order chi connectivity index (χ0) is 12.8. The summed E-state index contributed by atoms with van der Waals surface area (Å²) in [5.41, 5.74) is 1.27. The first-order chi connectivity index (χ1) is 8.04. The molecule has 0 saturated heterocycles. The van der Waals surface area contributed by atoms with E-state index in [1.807, 2.05) is 0 Å². The van der Waals surface area contributed by atoms with Gasteiger partial charge in [-0.25, -0.2) is 4.79 Å². The average Bonchev–Trinajstić information content (AvgIpc) is 2.35. The van der Waals surface area contributed by atoms with Crippen LogP contribution < -0.4 is 0 Å². The summed E-state index contributed by atoms with van der Waals surface area (Å²) in [7, 11) is 0. The molecule has 0 aliphatic rings. The molecule has 0 amide bonds. The molecule has 0 radical (unpaired) electrons. The average molecular weight is 235 g/mol. The number of hydrogen-bond donors (Lipinski definition) is 0. The number of rotatable bonds is 4. The van der Waals surface area contributed by atoms with Crippen LogP contribution in [0.15, 0.2) is 35.9 Å². The first-order valence-electron chi connectivity index (χ1n) is 5.08. The highest BCUT2D eigenvalue weighted by molar-refractivity contribution is 5.87. The summed E-state index contributed by atoms with van der Waals surface area (Å²) < 4.78 is 5.00. The van der Waals surface area contributed by atoms with Crippen molar-refractivity contribution < 1.29 is 14.5 Å². The van der Waals surface area contributed by atoms with Gasteiger partial charge >= 0.3 is 5.97 Å². The lowest BCUT2D eigenvalue weighted by atomic mass is 10.2. The molecule has 1 rings (SSSR count). The fourth-order valence-corrected chi connectivity index (χ4v) is 1.09. The standard InChI is InChI=1S/C12H13NO4/c1-3-9(2)12(14)17-8-10-4-6-11(7-5-10)13(15)16/h3-7H,8H2,1-2H3/b9-3-. The molecule has 0 fully saturated rings. The van der Waals surface area contributed by atoms with Crippen LogP contribution >= 0.6 is 0 Å². The molecule has 0 aliphatic carbocycles. The number of non-ortho nitro benzene ring substituents is 1. The van der Waals surface area contributed by atoms with Gasteiger partial charge in [-0.3, -0.25) is 10.1 Å².